The molecule has 0 saturated carbocycles. The fourth-order valence-electron chi connectivity index (χ4n) is 2.02. The lowest BCUT2D eigenvalue weighted by Gasteiger charge is -2.15. The van der Waals surface area contributed by atoms with Crippen molar-refractivity contribution in [2.75, 3.05) is 5.32 Å². The van der Waals surface area contributed by atoms with Crippen LogP contribution in [0, 0.1) is 17.0 Å². The number of rotatable bonds is 5. The number of nitrogens with zero attached hydrogens (tertiary/aromatic N) is 1. The third-order valence-corrected chi connectivity index (χ3v) is 4.04. The first-order chi connectivity index (χ1) is 12.2. The van der Waals surface area contributed by atoms with Gasteiger partial charge < -0.3 is 10.1 Å². The summed E-state index contributed by atoms with van der Waals surface area (Å²) in [6.45, 7) is 3.19. The molecule has 0 aliphatic carbocycles. The quantitative estimate of drug-likeness (QED) is 0.458. The summed E-state index contributed by atoms with van der Waals surface area (Å²) in [6.07, 6.45) is -1.12. The molecule has 0 fully saturated rings. The summed E-state index contributed by atoms with van der Waals surface area (Å²) in [5, 5.41) is 13.6. The molecule has 0 aliphatic heterocycles. The predicted octanol–water partition coefficient (Wildman–Crippen LogP) is 4.39. The smallest absolute Gasteiger partial charge is 0.340 e. The van der Waals surface area contributed by atoms with Crippen LogP contribution in [0.2, 0.25) is 10.0 Å². The first kappa shape index (κ1) is 19.7. The molecule has 0 radical (unpaired) electrons. The Morgan fingerprint density at radius 3 is 2.50 bits per heavy atom. The lowest BCUT2D eigenvalue weighted by Crippen LogP contribution is -2.30. The maximum atomic E-state index is 12.2. The Labute approximate surface area is 159 Å². The van der Waals surface area contributed by atoms with Crippen molar-refractivity contribution in [3.05, 3.63) is 67.7 Å². The molecule has 9 heteroatoms. The standard InChI is InChI=1S/C17H14Cl2N2O5/c1-9-3-4-11(18)7-15(9)20-16(22)10(2)26-17(23)13-6-5-12(21(24)25)8-14(13)19/h3-8,10H,1-2H3,(H,20,22)/t10-/m1/s1. The van der Waals surface area contributed by atoms with Crippen molar-refractivity contribution in [3.63, 3.8) is 0 Å². The number of ether oxygens (including phenoxy) is 1. The minimum absolute atomic E-state index is 0.0733. The highest BCUT2D eigenvalue weighted by Crippen LogP contribution is 2.24. The van der Waals surface area contributed by atoms with Crippen LogP contribution in [0.5, 0.6) is 0 Å². The SMILES string of the molecule is Cc1ccc(Cl)cc1NC(=O)[C@@H](C)OC(=O)c1ccc([N+](=O)[O-])cc1Cl. The molecule has 1 amide bonds. The molecule has 0 heterocycles. The van der Waals surface area contributed by atoms with Gasteiger partial charge in [-0.15, -0.1) is 0 Å². The number of amides is 1. The fourth-order valence-corrected chi connectivity index (χ4v) is 2.45. The van der Waals surface area contributed by atoms with Crippen LogP contribution in [0.25, 0.3) is 0 Å². The Hall–Kier alpha value is -2.64. The molecule has 0 saturated heterocycles. The zero-order chi connectivity index (χ0) is 19.4. The van der Waals surface area contributed by atoms with Crippen LogP contribution >= 0.6 is 23.2 Å². The molecule has 136 valence electrons. The van der Waals surface area contributed by atoms with E-state index in [1.54, 1.807) is 25.1 Å². The third kappa shape index (κ3) is 4.71. The summed E-state index contributed by atoms with van der Waals surface area (Å²) in [7, 11) is 0. The van der Waals surface area contributed by atoms with Crippen LogP contribution in [0.3, 0.4) is 0 Å². The maximum Gasteiger partial charge on any atom is 0.340 e. The molecule has 1 atom stereocenters. The van der Waals surface area contributed by atoms with Crippen molar-refractivity contribution in [1.82, 2.24) is 0 Å². The molecule has 26 heavy (non-hydrogen) atoms. The number of carbonyl (C=O) groups excluding carboxylic acids is 2. The van der Waals surface area contributed by atoms with Crippen LogP contribution in [0.15, 0.2) is 36.4 Å². The normalized spacial score (nSPS) is 11.5. The Morgan fingerprint density at radius 2 is 1.88 bits per heavy atom. The van der Waals surface area contributed by atoms with E-state index < -0.39 is 22.9 Å². The monoisotopic (exact) mass is 396 g/mol. The Balaban J connectivity index is 2.07. The van der Waals surface area contributed by atoms with Gasteiger partial charge in [0.2, 0.25) is 0 Å². The number of carbonyl (C=O) groups is 2. The highest BCUT2D eigenvalue weighted by Gasteiger charge is 2.22. The Bertz CT molecular complexity index is 885. The topological polar surface area (TPSA) is 98.5 Å². The van der Waals surface area contributed by atoms with Gasteiger partial charge in [-0.2, -0.15) is 0 Å². The van der Waals surface area contributed by atoms with Gasteiger partial charge in [0.05, 0.1) is 15.5 Å². The number of halogens is 2. The number of esters is 1. The summed E-state index contributed by atoms with van der Waals surface area (Å²) >= 11 is 11.8. The molecule has 1 N–H and O–H groups in total. The molecule has 0 aromatic heterocycles. The number of nitrogens with one attached hydrogen (secondary N) is 1. The minimum Gasteiger partial charge on any atom is -0.449 e. The summed E-state index contributed by atoms with van der Waals surface area (Å²) in [5.74, 6) is -1.42. The molecule has 2 aromatic rings. The van der Waals surface area contributed by atoms with Crippen molar-refractivity contribution in [2.45, 2.75) is 20.0 Å². The number of nitro groups is 1. The van der Waals surface area contributed by atoms with Crippen LogP contribution in [0.1, 0.15) is 22.8 Å². The van der Waals surface area contributed by atoms with E-state index in [0.717, 1.165) is 17.7 Å². The molecule has 0 spiro atoms. The number of hydrogen-bond acceptors (Lipinski definition) is 5. The fraction of sp³-hybridized carbons (Fsp3) is 0.176. The second-order valence-electron chi connectivity index (χ2n) is 5.42. The number of non-ortho nitro benzene ring substituents is 1. The molecule has 0 unspecified atom stereocenters. The number of anilines is 1. The van der Waals surface area contributed by atoms with E-state index in [2.05, 4.69) is 5.32 Å². The van der Waals surface area contributed by atoms with Gasteiger partial charge in [-0.3, -0.25) is 14.9 Å². The van der Waals surface area contributed by atoms with Crippen LogP contribution in [0.4, 0.5) is 11.4 Å². The third-order valence-electron chi connectivity index (χ3n) is 3.49. The predicted molar refractivity (Wildman–Crippen MR) is 97.8 cm³/mol. The van der Waals surface area contributed by atoms with Crippen molar-refractivity contribution in [3.8, 4) is 0 Å². The number of hydrogen-bond donors (Lipinski definition) is 1. The first-order valence-electron chi connectivity index (χ1n) is 7.41. The maximum absolute atomic E-state index is 12.2. The lowest BCUT2D eigenvalue weighted by molar-refractivity contribution is -0.384. The van der Waals surface area contributed by atoms with Crippen molar-refractivity contribution in [2.24, 2.45) is 0 Å². The van der Waals surface area contributed by atoms with E-state index in [-0.39, 0.29) is 16.3 Å². The average molecular weight is 397 g/mol. The summed E-state index contributed by atoms with van der Waals surface area (Å²) in [4.78, 5) is 34.4. The van der Waals surface area contributed by atoms with Gasteiger partial charge in [0.25, 0.3) is 11.6 Å². The molecular weight excluding hydrogens is 383 g/mol. The van der Waals surface area contributed by atoms with Gasteiger partial charge in [0.15, 0.2) is 6.10 Å². The number of nitro benzene ring substituents is 1. The van der Waals surface area contributed by atoms with Crippen LogP contribution < -0.4 is 5.32 Å². The highest BCUT2D eigenvalue weighted by molar-refractivity contribution is 6.33. The van der Waals surface area contributed by atoms with E-state index in [1.807, 2.05) is 0 Å². The van der Waals surface area contributed by atoms with E-state index >= 15 is 0 Å². The van der Waals surface area contributed by atoms with E-state index in [1.165, 1.54) is 13.0 Å². The summed E-state index contributed by atoms with van der Waals surface area (Å²) < 4.78 is 5.08. The van der Waals surface area contributed by atoms with Crippen LogP contribution in [-0.2, 0) is 9.53 Å². The van der Waals surface area contributed by atoms with Crippen molar-refractivity contribution >= 4 is 46.5 Å². The van der Waals surface area contributed by atoms with Crippen molar-refractivity contribution < 1.29 is 19.2 Å². The van der Waals surface area contributed by atoms with Gasteiger partial charge in [-0.25, -0.2) is 4.79 Å². The minimum atomic E-state index is -1.12. The van der Waals surface area contributed by atoms with Gasteiger partial charge in [0.1, 0.15) is 0 Å². The zero-order valence-electron chi connectivity index (χ0n) is 13.8. The van der Waals surface area contributed by atoms with Gasteiger partial charge in [0, 0.05) is 22.8 Å². The molecule has 7 nitrogen and oxygen atoms in total. The van der Waals surface area contributed by atoms with Crippen molar-refractivity contribution in [1.29, 1.82) is 0 Å². The molecule has 0 aliphatic rings. The zero-order valence-corrected chi connectivity index (χ0v) is 15.3. The number of aryl methyl sites for hydroxylation is 1. The molecule has 2 aromatic carbocycles. The highest BCUT2D eigenvalue weighted by atomic mass is 35.5. The summed E-state index contributed by atoms with van der Waals surface area (Å²) in [5.41, 5.74) is 0.961. The summed E-state index contributed by atoms with van der Waals surface area (Å²) in [6, 6.07) is 8.35. The van der Waals surface area contributed by atoms with Gasteiger partial charge >= 0.3 is 5.97 Å². The van der Waals surface area contributed by atoms with Crippen LogP contribution in [-0.4, -0.2) is 22.9 Å². The number of benzene rings is 2. The van der Waals surface area contributed by atoms with E-state index in [0.29, 0.717) is 10.7 Å². The van der Waals surface area contributed by atoms with E-state index in [9.17, 15) is 19.7 Å². The second-order valence-corrected chi connectivity index (χ2v) is 6.26. The lowest BCUT2D eigenvalue weighted by atomic mass is 10.2. The molecule has 0 bridgehead atoms. The average Bonchev–Trinajstić information content (AvgIpc) is 2.57. The molecule has 2 rings (SSSR count). The van der Waals surface area contributed by atoms with E-state index in [4.69, 9.17) is 27.9 Å². The largest absolute Gasteiger partial charge is 0.449 e. The Kier molecular flexibility index (Phi) is 6.18. The van der Waals surface area contributed by atoms with Gasteiger partial charge in [-0.1, -0.05) is 29.3 Å². The first-order valence-corrected chi connectivity index (χ1v) is 8.16. The molecular formula is C17H14Cl2N2O5. The van der Waals surface area contributed by atoms with Gasteiger partial charge in [-0.05, 0) is 37.6 Å². The second kappa shape index (κ2) is 8.16. The Morgan fingerprint density at radius 1 is 1.19 bits per heavy atom.